The number of aryl methyl sites for hydroxylation is 1. The molecule has 1 aromatic heterocycles. The first-order valence-electron chi connectivity index (χ1n) is 6.29. The second-order valence-electron chi connectivity index (χ2n) is 4.51. The average molecular weight is 275 g/mol. The molecular weight excluding hydrogens is 258 g/mol. The van der Waals surface area contributed by atoms with Gasteiger partial charge in [-0.05, 0) is 19.1 Å². The lowest BCUT2D eigenvalue weighted by molar-refractivity contribution is 0.0802. The molecule has 2 rings (SSSR count). The second-order valence-corrected chi connectivity index (χ2v) is 4.51. The fourth-order valence-electron chi connectivity index (χ4n) is 1.77. The summed E-state index contributed by atoms with van der Waals surface area (Å²) in [5.41, 5.74) is 2.19. The summed E-state index contributed by atoms with van der Waals surface area (Å²) in [5, 5.41) is 20.5. The number of aliphatic hydroxyl groups is 2. The number of nitrogens with one attached hydrogen (secondary N) is 2. The van der Waals surface area contributed by atoms with Crippen molar-refractivity contribution in [3.8, 4) is 11.3 Å². The van der Waals surface area contributed by atoms with Crippen LogP contribution >= 0.6 is 0 Å². The molecule has 0 saturated carbocycles. The van der Waals surface area contributed by atoms with Crippen molar-refractivity contribution in [2.24, 2.45) is 0 Å². The van der Waals surface area contributed by atoms with E-state index in [4.69, 9.17) is 5.11 Å². The normalized spacial score (nSPS) is 12.2. The molecule has 106 valence electrons. The molecule has 0 bridgehead atoms. The number of aliphatic hydroxyl groups excluding tert-OH is 2. The molecule has 0 saturated heterocycles. The molecule has 2 aromatic rings. The molecule has 1 amide bonds. The Balaban J connectivity index is 2.11. The van der Waals surface area contributed by atoms with Gasteiger partial charge in [-0.1, -0.05) is 12.1 Å². The summed E-state index contributed by atoms with van der Waals surface area (Å²) in [6, 6.07) is 7.09. The third kappa shape index (κ3) is 3.43. The maximum Gasteiger partial charge on any atom is 0.251 e. The number of amides is 1. The fraction of sp³-hybridized carbons (Fsp3) is 0.286. The summed E-state index contributed by atoms with van der Waals surface area (Å²) < 4.78 is 0. The Bertz CT molecular complexity index is 595. The Morgan fingerprint density at radius 2 is 2.30 bits per heavy atom. The van der Waals surface area contributed by atoms with Gasteiger partial charge in [0, 0.05) is 17.7 Å². The number of hydrogen-bond donors (Lipinski definition) is 4. The Hall–Kier alpha value is -2.18. The zero-order valence-corrected chi connectivity index (χ0v) is 11.1. The summed E-state index contributed by atoms with van der Waals surface area (Å²) >= 11 is 0. The van der Waals surface area contributed by atoms with E-state index in [1.807, 2.05) is 13.0 Å². The molecule has 0 radical (unpaired) electrons. The van der Waals surface area contributed by atoms with Crippen molar-refractivity contribution in [1.29, 1.82) is 0 Å². The predicted octanol–water partition coefficient (Wildman–Crippen LogP) is 0.468. The fourth-order valence-corrected chi connectivity index (χ4v) is 1.77. The summed E-state index contributed by atoms with van der Waals surface area (Å²) in [4.78, 5) is 19.1. The average Bonchev–Trinajstić information content (AvgIpc) is 2.91. The zero-order chi connectivity index (χ0) is 14.5. The van der Waals surface area contributed by atoms with E-state index in [1.54, 1.807) is 24.4 Å². The van der Waals surface area contributed by atoms with E-state index in [1.165, 1.54) is 0 Å². The zero-order valence-electron chi connectivity index (χ0n) is 11.1. The first-order valence-corrected chi connectivity index (χ1v) is 6.29. The van der Waals surface area contributed by atoms with E-state index in [0.717, 1.165) is 17.1 Å². The van der Waals surface area contributed by atoms with Crippen LogP contribution in [0.1, 0.15) is 16.2 Å². The maximum atomic E-state index is 11.9. The van der Waals surface area contributed by atoms with Gasteiger partial charge in [-0.3, -0.25) is 4.79 Å². The lowest BCUT2D eigenvalue weighted by atomic mass is 10.1. The molecule has 0 aliphatic rings. The van der Waals surface area contributed by atoms with Crippen LogP contribution < -0.4 is 5.32 Å². The first kappa shape index (κ1) is 14.2. The summed E-state index contributed by atoms with van der Waals surface area (Å²) in [5.74, 6) is 0.511. The van der Waals surface area contributed by atoms with Gasteiger partial charge in [0.1, 0.15) is 5.82 Å². The van der Waals surface area contributed by atoms with E-state index in [-0.39, 0.29) is 19.1 Å². The van der Waals surface area contributed by atoms with Gasteiger partial charge in [0.05, 0.1) is 24.6 Å². The number of nitrogens with zero attached hydrogens (tertiary/aromatic N) is 1. The van der Waals surface area contributed by atoms with Crippen molar-refractivity contribution >= 4 is 5.91 Å². The quantitative estimate of drug-likeness (QED) is 0.637. The lowest BCUT2D eigenvalue weighted by Gasteiger charge is -2.09. The van der Waals surface area contributed by atoms with Gasteiger partial charge in [-0.25, -0.2) is 4.98 Å². The van der Waals surface area contributed by atoms with Gasteiger partial charge in [0.2, 0.25) is 0 Å². The van der Waals surface area contributed by atoms with E-state index in [9.17, 15) is 9.90 Å². The molecule has 0 aliphatic carbocycles. The number of H-pyrrole nitrogens is 1. The third-order valence-corrected chi connectivity index (χ3v) is 2.85. The van der Waals surface area contributed by atoms with Gasteiger partial charge in [0.15, 0.2) is 0 Å². The van der Waals surface area contributed by atoms with Crippen molar-refractivity contribution in [2.45, 2.75) is 13.0 Å². The molecule has 1 aromatic carbocycles. The first-order chi connectivity index (χ1) is 9.60. The van der Waals surface area contributed by atoms with Crippen molar-refractivity contribution in [3.63, 3.8) is 0 Å². The minimum absolute atomic E-state index is 0.0166. The highest BCUT2D eigenvalue weighted by molar-refractivity contribution is 5.95. The van der Waals surface area contributed by atoms with Crippen LogP contribution in [0.15, 0.2) is 30.5 Å². The number of imidazole rings is 1. The van der Waals surface area contributed by atoms with E-state index >= 15 is 0 Å². The maximum absolute atomic E-state index is 11.9. The Kier molecular flexibility index (Phi) is 4.49. The number of benzene rings is 1. The lowest BCUT2D eigenvalue weighted by Crippen LogP contribution is -2.33. The highest BCUT2D eigenvalue weighted by Gasteiger charge is 2.10. The second kappa shape index (κ2) is 6.31. The van der Waals surface area contributed by atoms with Crippen LogP contribution in [-0.4, -0.2) is 45.3 Å². The van der Waals surface area contributed by atoms with Crippen LogP contribution in [-0.2, 0) is 0 Å². The molecular formula is C14H17N3O3. The Morgan fingerprint density at radius 3 is 2.95 bits per heavy atom. The van der Waals surface area contributed by atoms with Crippen molar-refractivity contribution in [1.82, 2.24) is 15.3 Å². The molecule has 4 N–H and O–H groups in total. The summed E-state index contributed by atoms with van der Waals surface area (Å²) in [6.45, 7) is 1.49. The minimum atomic E-state index is -0.947. The Morgan fingerprint density at radius 1 is 1.50 bits per heavy atom. The highest BCUT2D eigenvalue weighted by atomic mass is 16.3. The molecule has 1 atom stereocenters. The smallest absolute Gasteiger partial charge is 0.251 e. The summed E-state index contributed by atoms with van der Waals surface area (Å²) in [7, 11) is 0. The highest BCUT2D eigenvalue weighted by Crippen LogP contribution is 2.18. The van der Waals surface area contributed by atoms with Gasteiger partial charge in [-0.2, -0.15) is 0 Å². The standard InChI is InChI=1S/C14H17N3O3/c1-9-15-7-13(17-9)10-3-2-4-11(5-10)14(20)16-6-12(19)8-18/h2-5,7,12,18-19H,6,8H2,1H3,(H,15,17)(H,16,20)/t12-/m1/s1. The number of aromatic nitrogens is 2. The number of carbonyl (C=O) groups excluding carboxylic acids is 1. The molecule has 20 heavy (non-hydrogen) atoms. The molecule has 0 fully saturated rings. The topological polar surface area (TPSA) is 98.2 Å². The van der Waals surface area contributed by atoms with E-state index in [0.29, 0.717) is 5.56 Å². The van der Waals surface area contributed by atoms with Crippen LogP contribution in [0, 0.1) is 6.92 Å². The molecule has 1 heterocycles. The molecule has 6 heteroatoms. The summed E-state index contributed by atoms with van der Waals surface area (Å²) in [6.07, 6.45) is 0.763. The van der Waals surface area contributed by atoms with Crippen molar-refractivity contribution in [3.05, 3.63) is 41.9 Å². The molecule has 0 unspecified atom stereocenters. The van der Waals surface area contributed by atoms with Gasteiger partial charge >= 0.3 is 0 Å². The number of rotatable bonds is 5. The number of carbonyl (C=O) groups is 1. The van der Waals surface area contributed by atoms with Crippen molar-refractivity contribution in [2.75, 3.05) is 13.2 Å². The van der Waals surface area contributed by atoms with E-state index in [2.05, 4.69) is 15.3 Å². The monoisotopic (exact) mass is 275 g/mol. The third-order valence-electron chi connectivity index (χ3n) is 2.85. The largest absolute Gasteiger partial charge is 0.394 e. The predicted molar refractivity (Wildman–Crippen MR) is 74.2 cm³/mol. The molecule has 0 aliphatic heterocycles. The number of aromatic amines is 1. The number of hydrogen-bond acceptors (Lipinski definition) is 4. The van der Waals surface area contributed by atoms with Crippen LogP contribution in [0.25, 0.3) is 11.3 Å². The van der Waals surface area contributed by atoms with Crippen LogP contribution in [0.5, 0.6) is 0 Å². The van der Waals surface area contributed by atoms with E-state index < -0.39 is 6.10 Å². The minimum Gasteiger partial charge on any atom is -0.394 e. The van der Waals surface area contributed by atoms with Crippen LogP contribution in [0.4, 0.5) is 0 Å². The van der Waals surface area contributed by atoms with Crippen molar-refractivity contribution < 1.29 is 15.0 Å². The van der Waals surface area contributed by atoms with Gasteiger partial charge in [-0.15, -0.1) is 0 Å². The molecule has 0 spiro atoms. The SMILES string of the molecule is Cc1ncc(-c2cccc(C(=O)NC[C@@H](O)CO)c2)[nH]1. The molecule has 6 nitrogen and oxygen atoms in total. The van der Waals surface area contributed by atoms with Gasteiger partial charge < -0.3 is 20.5 Å². The Labute approximate surface area is 116 Å². The van der Waals surface area contributed by atoms with Crippen LogP contribution in [0.3, 0.4) is 0 Å². The van der Waals surface area contributed by atoms with Gasteiger partial charge in [0.25, 0.3) is 5.91 Å². The van der Waals surface area contributed by atoms with Crippen LogP contribution in [0.2, 0.25) is 0 Å².